The summed E-state index contributed by atoms with van der Waals surface area (Å²) in [6.45, 7) is 4.30. The summed E-state index contributed by atoms with van der Waals surface area (Å²) in [7, 11) is 0. The Balaban J connectivity index is 1.49. The third-order valence-electron chi connectivity index (χ3n) is 5.38. The molecule has 0 heterocycles. The molecule has 2 fully saturated rings. The van der Waals surface area contributed by atoms with E-state index in [1.54, 1.807) is 0 Å². The summed E-state index contributed by atoms with van der Waals surface area (Å²) in [5.74, 6) is 1.05. The highest BCUT2D eigenvalue weighted by Gasteiger charge is 2.48. The van der Waals surface area contributed by atoms with E-state index in [2.05, 4.69) is 16.0 Å². The monoisotopic (exact) mass is 344 g/mol. The number of anilines is 1. The lowest BCUT2D eigenvalue weighted by Gasteiger charge is -2.27. The lowest BCUT2D eigenvalue weighted by atomic mass is 9.84. The first-order valence-electron chi connectivity index (χ1n) is 9.14. The SMILES string of the molecule is CC(C)NC(=O)Nc1ccc(CNC(=O)C2C3CCC(C3)C2N)cc1. The van der Waals surface area contributed by atoms with Gasteiger partial charge in [-0.2, -0.15) is 0 Å². The van der Waals surface area contributed by atoms with Gasteiger partial charge in [0.15, 0.2) is 0 Å². The molecule has 5 N–H and O–H groups in total. The Kier molecular flexibility index (Phi) is 5.27. The Hall–Kier alpha value is -2.08. The minimum absolute atomic E-state index is 0.0183. The zero-order valence-corrected chi connectivity index (χ0v) is 14.9. The largest absolute Gasteiger partial charge is 0.352 e. The van der Waals surface area contributed by atoms with Crippen LogP contribution in [0.15, 0.2) is 24.3 Å². The van der Waals surface area contributed by atoms with Crippen molar-refractivity contribution >= 4 is 17.6 Å². The van der Waals surface area contributed by atoms with Crippen molar-refractivity contribution in [3.8, 4) is 0 Å². The average molecular weight is 344 g/mol. The molecule has 1 aromatic rings. The van der Waals surface area contributed by atoms with Crippen molar-refractivity contribution in [2.24, 2.45) is 23.5 Å². The van der Waals surface area contributed by atoms with Crippen LogP contribution in [0.4, 0.5) is 10.5 Å². The Morgan fingerprint density at radius 1 is 1.16 bits per heavy atom. The van der Waals surface area contributed by atoms with E-state index in [1.165, 1.54) is 6.42 Å². The molecule has 4 unspecified atom stereocenters. The minimum Gasteiger partial charge on any atom is -0.352 e. The predicted molar refractivity (Wildman–Crippen MR) is 97.9 cm³/mol. The van der Waals surface area contributed by atoms with Gasteiger partial charge in [-0.15, -0.1) is 0 Å². The second-order valence-corrected chi connectivity index (χ2v) is 7.60. The number of carbonyl (C=O) groups is 2. The fourth-order valence-electron chi connectivity index (χ4n) is 4.17. The third kappa shape index (κ3) is 4.12. The van der Waals surface area contributed by atoms with Gasteiger partial charge in [-0.3, -0.25) is 4.79 Å². The first kappa shape index (κ1) is 17.7. The van der Waals surface area contributed by atoms with Crippen LogP contribution in [0.2, 0.25) is 0 Å². The number of carbonyl (C=O) groups excluding carboxylic acids is 2. The molecule has 0 aliphatic heterocycles. The highest BCUT2D eigenvalue weighted by molar-refractivity contribution is 5.89. The van der Waals surface area contributed by atoms with Crippen molar-refractivity contribution in [2.45, 2.75) is 51.7 Å². The number of hydrogen-bond donors (Lipinski definition) is 4. The number of hydrogen-bond acceptors (Lipinski definition) is 3. The Bertz CT molecular complexity index is 627. The minimum atomic E-state index is -0.221. The number of fused-ring (bicyclic) bond motifs is 2. The molecule has 0 radical (unpaired) electrons. The molecule has 6 heteroatoms. The van der Waals surface area contributed by atoms with Crippen molar-refractivity contribution in [3.63, 3.8) is 0 Å². The van der Waals surface area contributed by atoms with Crippen LogP contribution in [0.1, 0.15) is 38.7 Å². The highest BCUT2D eigenvalue weighted by Crippen LogP contribution is 2.47. The van der Waals surface area contributed by atoms with E-state index < -0.39 is 0 Å². The van der Waals surface area contributed by atoms with Gasteiger partial charge in [0.05, 0.1) is 5.92 Å². The van der Waals surface area contributed by atoms with Crippen LogP contribution in [-0.2, 0) is 11.3 Å². The summed E-state index contributed by atoms with van der Waals surface area (Å²) in [5, 5.41) is 8.58. The van der Waals surface area contributed by atoms with Crippen LogP contribution in [0.25, 0.3) is 0 Å². The molecule has 0 saturated heterocycles. The van der Waals surface area contributed by atoms with E-state index in [4.69, 9.17) is 5.73 Å². The number of urea groups is 1. The van der Waals surface area contributed by atoms with E-state index in [9.17, 15) is 9.59 Å². The number of nitrogens with one attached hydrogen (secondary N) is 3. The molecule has 2 saturated carbocycles. The van der Waals surface area contributed by atoms with Crippen molar-refractivity contribution < 1.29 is 9.59 Å². The van der Waals surface area contributed by atoms with Crippen molar-refractivity contribution in [1.29, 1.82) is 0 Å². The van der Waals surface area contributed by atoms with E-state index in [0.29, 0.717) is 18.4 Å². The molecule has 3 amide bonds. The van der Waals surface area contributed by atoms with Crippen LogP contribution in [-0.4, -0.2) is 24.0 Å². The molecule has 0 spiro atoms. The first-order chi connectivity index (χ1) is 11.9. The molecule has 1 aromatic carbocycles. The van der Waals surface area contributed by atoms with E-state index in [0.717, 1.165) is 24.1 Å². The number of nitrogens with two attached hydrogens (primary N) is 1. The van der Waals surface area contributed by atoms with Gasteiger partial charge in [0.1, 0.15) is 0 Å². The lowest BCUT2D eigenvalue weighted by molar-refractivity contribution is -0.127. The quantitative estimate of drug-likeness (QED) is 0.659. The van der Waals surface area contributed by atoms with E-state index >= 15 is 0 Å². The maximum absolute atomic E-state index is 12.5. The van der Waals surface area contributed by atoms with Crippen LogP contribution >= 0.6 is 0 Å². The highest BCUT2D eigenvalue weighted by atomic mass is 16.2. The second-order valence-electron chi connectivity index (χ2n) is 7.60. The number of benzene rings is 1. The summed E-state index contributed by atoms with van der Waals surface area (Å²) < 4.78 is 0. The number of rotatable bonds is 5. The first-order valence-corrected chi connectivity index (χ1v) is 9.14. The van der Waals surface area contributed by atoms with Crippen LogP contribution in [0.3, 0.4) is 0 Å². The molecule has 136 valence electrons. The van der Waals surface area contributed by atoms with E-state index in [1.807, 2.05) is 38.1 Å². The molecule has 2 bridgehead atoms. The molecule has 3 rings (SSSR count). The van der Waals surface area contributed by atoms with Gasteiger partial charge in [0, 0.05) is 24.3 Å². The average Bonchev–Trinajstić information content (AvgIpc) is 3.14. The van der Waals surface area contributed by atoms with Gasteiger partial charge >= 0.3 is 6.03 Å². The molecular weight excluding hydrogens is 316 g/mol. The third-order valence-corrected chi connectivity index (χ3v) is 5.38. The fourth-order valence-corrected chi connectivity index (χ4v) is 4.17. The zero-order valence-electron chi connectivity index (χ0n) is 14.9. The molecular formula is C19H28N4O2. The molecule has 6 nitrogen and oxygen atoms in total. The van der Waals surface area contributed by atoms with Crippen LogP contribution in [0, 0.1) is 17.8 Å². The molecule has 2 aliphatic rings. The normalized spacial score (nSPS) is 27.4. The van der Waals surface area contributed by atoms with Crippen LogP contribution < -0.4 is 21.7 Å². The Labute approximate surface area is 148 Å². The van der Waals surface area contributed by atoms with Gasteiger partial charge in [-0.05, 0) is 62.6 Å². The molecule has 4 atom stereocenters. The van der Waals surface area contributed by atoms with E-state index in [-0.39, 0.29) is 29.9 Å². The van der Waals surface area contributed by atoms with Crippen molar-refractivity contribution in [3.05, 3.63) is 29.8 Å². The second kappa shape index (κ2) is 7.44. The predicted octanol–water partition coefficient (Wildman–Crippen LogP) is 2.21. The lowest BCUT2D eigenvalue weighted by Crippen LogP contribution is -2.45. The topological polar surface area (TPSA) is 96.2 Å². The van der Waals surface area contributed by atoms with Crippen molar-refractivity contribution in [1.82, 2.24) is 10.6 Å². The van der Waals surface area contributed by atoms with Gasteiger partial charge in [-0.1, -0.05) is 12.1 Å². The Morgan fingerprint density at radius 2 is 1.84 bits per heavy atom. The fraction of sp³-hybridized carbons (Fsp3) is 0.579. The maximum Gasteiger partial charge on any atom is 0.319 e. The standard InChI is InChI=1S/C19H28N4O2/c1-11(2)22-19(25)23-15-7-3-12(4-8-15)10-21-18(24)16-13-5-6-14(9-13)17(16)20/h3-4,7-8,11,13-14,16-17H,5-6,9-10,20H2,1-2H3,(H,21,24)(H2,22,23,25). The van der Waals surface area contributed by atoms with Gasteiger partial charge in [-0.25, -0.2) is 4.79 Å². The van der Waals surface area contributed by atoms with Crippen LogP contribution in [0.5, 0.6) is 0 Å². The smallest absolute Gasteiger partial charge is 0.319 e. The summed E-state index contributed by atoms with van der Waals surface area (Å²) in [6.07, 6.45) is 3.42. The summed E-state index contributed by atoms with van der Waals surface area (Å²) in [6, 6.07) is 7.38. The molecule has 2 aliphatic carbocycles. The Morgan fingerprint density at radius 3 is 2.44 bits per heavy atom. The van der Waals surface area contributed by atoms with Crippen molar-refractivity contribution in [2.75, 3.05) is 5.32 Å². The molecule has 0 aromatic heterocycles. The summed E-state index contributed by atoms with van der Waals surface area (Å²) >= 11 is 0. The summed E-state index contributed by atoms with van der Waals surface area (Å²) in [4.78, 5) is 24.1. The van der Waals surface area contributed by atoms with Gasteiger partial charge in [0.2, 0.25) is 5.91 Å². The van der Waals surface area contributed by atoms with Gasteiger partial charge in [0.25, 0.3) is 0 Å². The number of amides is 3. The zero-order chi connectivity index (χ0) is 18.0. The molecule has 25 heavy (non-hydrogen) atoms. The van der Waals surface area contributed by atoms with Gasteiger partial charge < -0.3 is 21.7 Å². The maximum atomic E-state index is 12.5. The summed E-state index contributed by atoms with van der Waals surface area (Å²) in [5.41, 5.74) is 7.95.